The van der Waals surface area contributed by atoms with Crippen molar-refractivity contribution in [3.63, 3.8) is 0 Å². The van der Waals surface area contributed by atoms with Crippen molar-refractivity contribution in [2.24, 2.45) is 5.92 Å². The van der Waals surface area contributed by atoms with Gasteiger partial charge in [-0.1, -0.05) is 12.7 Å². The van der Waals surface area contributed by atoms with Crippen LogP contribution in [0.1, 0.15) is 34.8 Å². The molecule has 1 saturated carbocycles. The third-order valence-electron chi connectivity index (χ3n) is 6.29. The summed E-state index contributed by atoms with van der Waals surface area (Å²) in [4.78, 5) is 28.2. The summed E-state index contributed by atoms with van der Waals surface area (Å²) in [7, 11) is 1.97. The Balaban J connectivity index is 1.80. The van der Waals surface area contributed by atoms with Gasteiger partial charge in [0.1, 0.15) is 11.3 Å². The van der Waals surface area contributed by atoms with E-state index in [9.17, 15) is 14.7 Å². The summed E-state index contributed by atoms with van der Waals surface area (Å²) in [5, 5.41) is 9.19. The summed E-state index contributed by atoms with van der Waals surface area (Å²) in [6, 6.07) is -0.106. The zero-order valence-corrected chi connectivity index (χ0v) is 16.5. The number of hydrogen-bond acceptors (Lipinski definition) is 4. The van der Waals surface area contributed by atoms with Gasteiger partial charge < -0.3 is 19.5 Å². The van der Waals surface area contributed by atoms with Crippen LogP contribution in [0.15, 0.2) is 29.3 Å². The lowest BCUT2D eigenvalue weighted by atomic mass is 10.0. The summed E-state index contributed by atoms with van der Waals surface area (Å²) in [5.41, 5.74) is -0.622. The average Bonchev–Trinajstić information content (AvgIpc) is 3.37. The number of aromatic carboxylic acids is 1. The van der Waals surface area contributed by atoms with E-state index in [1.54, 1.807) is 4.90 Å². The van der Waals surface area contributed by atoms with Crippen molar-refractivity contribution in [3.05, 3.63) is 57.5 Å². The first-order valence-corrected chi connectivity index (χ1v) is 9.93. The molecule has 1 atom stereocenters. The summed E-state index contributed by atoms with van der Waals surface area (Å²) in [5.74, 6) is -2.90. The molecule has 1 saturated heterocycles. The third kappa shape index (κ3) is 2.59. The van der Waals surface area contributed by atoms with Crippen molar-refractivity contribution in [3.8, 4) is 0 Å². The maximum Gasteiger partial charge on any atom is 0.341 e. The van der Waals surface area contributed by atoms with Gasteiger partial charge in [-0.15, -0.1) is 0 Å². The van der Waals surface area contributed by atoms with Gasteiger partial charge in [-0.3, -0.25) is 4.79 Å². The number of halogens is 2. The van der Waals surface area contributed by atoms with Crippen LogP contribution in [0.25, 0.3) is 17.0 Å². The van der Waals surface area contributed by atoms with Crippen LogP contribution in [0, 0.1) is 17.6 Å². The van der Waals surface area contributed by atoms with Gasteiger partial charge in [-0.2, -0.15) is 0 Å². The number of aromatic nitrogens is 1. The van der Waals surface area contributed by atoms with E-state index in [-0.39, 0.29) is 34.1 Å². The average molecular weight is 413 g/mol. The molecule has 5 rings (SSSR count). The topological polar surface area (TPSA) is 65.8 Å². The van der Waals surface area contributed by atoms with E-state index in [0.717, 1.165) is 25.0 Å². The second-order valence-electron chi connectivity index (χ2n) is 8.35. The Labute approximate surface area is 171 Å². The number of benzene rings is 1. The van der Waals surface area contributed by atoms with Crippen LogP contribution in [0.2, 0.25) is 0 Å². The fourth-order valence-corrected chi connectivity index (χ4v) is 4.79. The molecule has 156 valence electrons. The van der Waals surface area contributed by atoms with Gasteiger partial charge in [0.15, 0.2) is 11.6 Å². The fraction of sp³-hybridized carbons (Fsp3) is 0.364. The van der Waals surface area contributed by atoms with Crippen molar-refractivity contribution in [2.75, 3.05) is 31.6 Å². The minimum atomic E-state index is -1.42. The zero-order valence-electron chi connectivity index (χ0n) is 16.5. The van der Waals surface area contributed by atoms with E-state index >= 15 is 8.78 Å². The van der Waals surface area contributed by atoms with Gasteiger partial charge in [0.25, 0.3) is 0 Å². The lowest BCUT2D eigenvalue weighted by molar-refractivity contribution is 0.0695. The fourth-order valence-electron chi connectivity index (χ4n) is 4.79. The number of rotatable bonds is 4. The summed E-state index contributed by atoms with van der Waals surface area (Å²) >= 11 is 0. The maximum atomic E-state index is 15.9. The molecule has 1 aromatic carbocycles. The van der Waals surface area contributed by atoms with Crippen molar-refractivity contribution >= 4 is 28.6 Å². The highest BCUT2D eigenvalue weighted by molar-refractivity contribution is 5.98. The van der Waals surface area contributed by atoms with Crippen molar-refractivity contribution < 1.29 is 18.7 Å². The molecule has 2 aromatic rings. The van der Waals surface area contributed by atoms with Gasteiger partial charge in [-0.25, -0.2) is 13.6 Å². The molecule has 1 aliphatic carbocycles. The van der Waals surface area contributed by atoms with E-state index in [1.165, 1.54) is 16.8 Å². The van der Waals surface area contributed by atoms with Gasteiger partial charge >= 0.3 is 5.97 Å². The Morgan fingerprint density at radius 3 is 2.60 bits per heavy atom. The smallest absolute Gasteiger partial charge is 0.341 e. The first kappa shape index (κ1) is 18.8. The number of carboxylic acid groups (broad SMARTS) is 1. The van der Waals surface area contributed by atoms with Crippen LogP contribution in [0.3, 0.4) is 0 Å². The van der Waals surface area contributed by atoms with Crippen LogP contribution >= 0.6 is 0 Å². The number of carboxylic acids is 1. The first-order chi connectivity index (χ1) is 14.3. The maximum absolute atomic E-state index is 15.9. The normalized spacial score (nSPS) is 20.6. The summed E-state index contributed by atoms with van der Waals surface area (Å²) < 4.78 is 32.9. The van der Waals surface area contributed by atoms with Crippen molar-refractivity contribution in [1.82, 2.24) is 9.47 Å². The molecule has 2 aliphatic heterocycles. The van der Waals surface area contributed by atoms with E-state index in [1.807, 2.05) is 13.2 Å². The summed E-state index contributed by atoms with van der Waals surface area (Å²) in [6.45, 7) is 5.30. The molecular weight excluding hydrogens is 392 g/mol. The lowest BCUT2D eigenvalue weighted by Gasteiger charge is -2.24. The molecule has 3 aliphatic rings. The molecule has 3 heterocycles. The lowest BCUT2D eigenvalue weighted by Crippen LogP contribution is -2.27. The van der Waals surface area contributed by atoms with Crippen LogP contribution in [-0.4, -0.2) is 47.2 Å². The molecule has 6 nitrogen and oxygen atoms in total. The monoisotopic (exact) mass is 413 g/mol. The van der Waals surface area contributed by atoms with E-state index in [2.05, 4.69) is 11.5 Å². The minimum Gasteiger partial charge on any atom is -0.477 e. The Kier molecular flexibility index (Phi) is 4.03. The van der Waals surface area contributed by atoms with E-state index in [4.69, 9.17) is 0 Å². The predicted octanol–water partition coefficient (Wildman–Crippen LogP) is 3.22. The molecule has 1 N–H and O–H groups in total. The molecule has 0 amide bonds. The van der Waals surface area contributed by atoms with Crippen molar-refractivity contribution in [2.45, 2.75) is 18.9 Å². The third-order valence-corrected chi connectivity index (χ3v) is 6.29. The Morgan fingerprint density at radius 2 is 2.00 bits per heavy atom. The zero-order chi connectivity index (χ0) is 21.3. The van der Waals surface area contributed by atoms with Crippen LogP contribution < -0.4 is 10.3 Å². The number of nitrogens with zero attached hydrogens (tertiary/aromatic N) is 3. The molecule has 2 fully saturated rings. The standard InChI is InChI=1S/C22H21F2N3O3/c1-3-14-16-19(27(13-4-5-13)10-15(21(16)28)22(29)30)18(24)20(17(14)23)26-8-11-6-25(2)7-12(11)9-26/h3,6,10,12-13H,1,4-5,7-9H2,2H3,(H,29,30). The van der Waals surface area contributed by atoms with E-state index in [0.29, 0.717) is 13.1 Å². The van der Waals surface area contributed by atoms with Gasteiger partial charge in [0.2, 0.25) is 5.43 Å². The highest BCUT2D eigenvalue weighted by Gasteiger charge is 2.37. The number of fused-ring (bicyclic) bond motifs is 2. The Hall–Kier alpha value is -3.16. The summed E-state index contributed by atoms with van der Waals surface area (Å²) in [6.07, 6.45) is 5.87. The molecule has 1 unspecified atom stereocenters. The number of hydrogen-bond donors (Lipinski definition) is 1. The molecular formula is C22H21F2N3O3. The first-order valence-electron chi connectivity index (χ1n) is 9.93. The second kappa shape index (κ2) is 6.42. The van der Waals surface area contributed by atoms with E-state index < -0.39 is 28.6 Å². The Bertz CT molecular complexity index is 1210. The van der Waals surface area contributed by atoms with Gasteiger partial charge in [-0.05, 0) is 18.4 Å². The highest BCUT2D eigenvalue weighted by atomic mass is 19.1. The number of pyridine rings is 1. The number of anilines is 1. The molecule has 8 heteroatoms. The van der Waals surface area contributed by atoms with Crippen LogP contribution in [-0.2, 0) is 0 Å². The SMILES string of the molecule is C=Cc1c(F)c(N2CC3=CN(C)CC3C2)c(F)c2c1c(=O)c(C(=O)O)cn2C1CC1. The van der Waals surface area contributed by atoms with Crippen LogP contribution in [0.5, 0.6) is 0 Å². The highest BCUT2D eigenvalue weighted by Crippen LogP contribution is 2.42. The molecule has 0 bridgehead atoms. The quantitative estimate of drug-likeness (QED) is 0.834. The predicted molar refractivity (Wildman–Crippen MR) is 110 cm³/mol. The molecule has 1 aromatic heterocycles. The number of carbonyl (C=O) groups is 1. The Morgan fingerprint density at radius 1 is 1.27 bits per heavy atom. The minimum absolute atomic E-state index is 0.0399. The van der Waals surface area contributed by atoms with Gasteiger partial charge in [0.05, 0.1) is 10.9 Å². The molecule has 30 heavy (non-hydrogen) atoms. The van der Waals surface area contributed by atoms with Crippen LogP contribution in [0.4, 0.5) is 14.5 Å². The molecule has 0 radical (unpaired) electrons. The van der Waals surface area contributed by atoms with Crippen molar-refractivity contribution in [1.29, 1.82) is 0 Å². The molecule has 0 spiro atoms. The second-order valence-corrected chi connectivity index (χ2v) is 8.35. The largest absolute Gasteiger partial charge is 0.477 e. The van der Waals surface area contributed by atoms with Gasteiger partial charge in [0, 0.05) is 56.6 Å².